The van der Waals surface area contributed by atoms with Crippen molar-refractivity contribution in [1.82, 2.24) is 0 Å². The second kappa shape index (κ2) is 3.91. The lowest BCUT2D eigenvalue weighted by Gasteiger charge is -2.19. The first-order valence-electron chi connectivity index (χ1n) is 4.45. The van der Waals surface area contributed by atoms with Gasteiger partial charge in [0.15, 0.2) is 0 Å². The maximum Gasteiger partial charge on any atom is 0.0581 e. The van der Waals surface area contributed by atoms with Gasteiger partial charge < -0.3 is 4.74 Å². The van der Waals surface area contributed by atoms with E-state index >= 15 is 0 Å². The summed E-state index contributed by atoms with van der Waals surface area (Å²) >= 11 is 0. The number of hydrogen-bond donors (Lipinski definition) is 0. The molecule has 0 aromatic heterocycles. The molecule has 11 heavy (non-hydrogen) atoms. The van der Waals surface area contributed by atoms with Crippen LogP contribution in [0.25, 0.3) is 0 Å². The molecule has 1 rings (SSSR count). The number of ether oxygens (including phenoxy) is 1. The Morgan fingerprint density at radius 2 is 2.18 bits per heavy atom. The van der Waals surface area contributed by atoms with Crippen molar-refractivity contribution in [3.05, 3.63) is 11.6 Å². The molecule has 1 heterocycles. The molecular weight excluding hydrogens is 136 g/mol. The minimum Gasteiger partial charge on any atom is -0.378 e. The van der Waals surface area contributed by atoms with Crippen LogP contribution < -0.4 is 0 Å². The molecule has 0 aliphatic carbocycles. The van der Waals surface area contributed by atoms with Crippen LogP contribution in [-0.2, 0) is 4.74 Å². The van der Waals surface area contributed by atoms with Gasteiger partial charge in [-0.2, -0.15) is 0 Å². The summed E-state index contributed by atoms with van der Waals surface area (Å²) in [5.74, 6) is 0.689. The Hall–Kier alpha value is -0.300. The molecule has 0 saturated carbocycles. The Kier molecular flexibility index (Phi) is 3.13. The van der Waals surface area contributed by atoms with Crippen molar-refractivity contribution in [2.75, 3.05) is 6.61 Å². The van der Waals surface area contributed by atoms with E-state index in [2.05, 4.69) is 26.8 Å². The molecule has 1 nitrogen and oxygen atoms in total. The fourth-order valence-corrected chi connectivity index (χ4v) is 1.46. The fraction of sp³-hybridized carbons (Fsp3) is 0.800. The molecule has 1 aliphatic rings. The number of allylic oxidation sites excluding steroid dienone is 1. The number of hydrogen-bond acceptors (Lipinski definition) is 1. The third kappa shape index (κ3) is 3.06. The van der Waals surface area contributed by atoms with Gasteiger partial charge in [0.25, 0.3) is 0 Å². The van der Waals surface area contributed by atoms with Crippen LogP contribution in [0.3, 0.4) is 0 Å². The topological polar surface area (TPSA) is 9.23 Å². The highest BCUT2D eigenvalue weighted by molar-refractivity contribution is 5.00. The zero-order chi connectivity index (χ0) is 8.27. The first kappa shape index (κ1) is 8.79. The second-order valence-electron chi connectivity index (χ2n) is 3.74. The zero-order valence-electron chi connectivity index (χ0n) is 7.76. The van der Waals surface area contributed by atoms with Gasteiger partial charge in [-0.1, -0.05) is 18.6 Å². The van der Waals surface area contributed by atoms with E-state index < -0.39 is 0 Å². The molecule has 2 unspecified atom stereocenters. The van der Waals surface area contributed by atoms with E-state index in [0.717, 1.165) is 13.0 Å². The smallest absolute Gasteiger partial charge is 0.0581 e. The molecule has 2 atom stereocenters. The van der Waals surface area contributed by atoms with E-state index in [0.29, 0.717) is 12.0 Å². The van der Waals surface area contributed by atoms with Crippen LogP contribution in [0.1, 0.15) is 33.6 Å². The van der Waals surface area contributed by atoms with Crippen LogP contribution in [0.4, 0.5) is 0 Å². The molecule has 0 aromatic carbocycles. The molecule has 1 aliphatic heterocycles. The molecule has 0 spiro atoms. The summed E-state index contributed by atoms with van der Waals surface area (Å²) in [6, 6.07) is 0. The average molecular weight is 154 g/mol. The van der Waals surface area contributed by atoms with E-state index in [1.54, 1.807) is 0 Å². The summed E-state index contributed by atoms with van der Waals surface area (Å²) < 4.78 is 5.60. The predicted molar refractivity (Wildman–Crippen MR) is 47.6 cm³/mol. The van der Waals surface area contributed by atoms with Crippen molar-refractivity contribution in [2.24, 2.45) is 5.92 Å². The Morgan fingerprint density at radius 3 is 2.91 bits per heavy atom. The van der Waals surface area contributed by atoms with Crippen molar-refractivity contribution in [3.63, 3.8) is 0 Å². The van der Waals surface area contributed by atoms with Crippen LogP contribution in [0, 0.1) is 5.92 Å². The molecule has 0 amide bonds. The van der Waals surface area contributed by atoms with Crippen LogP contribution >= 0.6 is 0 Å². The molecule has 0 aromatic rings. The molecule has 0 N–H and O–H groups in total. The Morgan fingerprint density at radius 1 is 1.45 bits per heavy atom. The van der Waals surface area contributed by atoms with Crippen LogP contribution in [0.15, 0.2) is 11.6 Å². The standard InChI is InChI=1S/C10H18O/c1-8-4-5-10(3)11-7-9(2)6-8/h4,9-10H,5-7H2,1-3H3. The summed E-state index contributed by atoms with van der Waals surface area (Å²) in [5, 5.41) is 0. The Bertz CT molecular complexity index is 149. The van der Waals surface area contributed by atoms with Gasteiger partial charge in [0, 0.05) is 6.61 Å². The van der Waals surface area contributed by atoms with E-state index in [9.17, 15) is 0 Å². The van der Waals surface area contributed by atoms with E-state index in [1.807, 2.05) is 0 Å². The lowest BCUT2D eigenvalue weighted by Crippen LogP contribution is -2.16. The van der Waals surface area contributed by atoms with Crippen molar-refractivity contribution in [1.29, 1.82) is 0 Å². The van der Waals surface area contributed by atoms with E-state index in [1.165, 1.54) is 12.0 Å². The summed E-state index contributed by atoms with van der Waals surface area (Å²) in [6.45, 7) is 7.53. The van der Waals surface area contributed by atoms with Crippen molar-refractivity contribution in [2.45, 2.75) is 39.7 Å². The van der Waals surface area contributed by atoms with Crippen molar-refractivity contribution in [3.8, 4) is 0 Å². The van der Waals surface area contributed by atoms with E-state index in [-0.39, 0.29) is 0 Å². The first-order valence-corrected chi connectivity index (χ1v) is 4.45. The Labute approximate surface area is 69.4 Å². The summed E-state index contributed by atoms with van der Waals surface area (Å²) in [5.41, 5.74) is 1.52. The van der Waals surface area contributed by atoms with Crippen LogP contribution in [0.5, 0.6) is 0 Å². The minimum atomic E-state index is 0.410. The van der Waals surface area contributed by atoms with Gasteiger partial charge in [-0.3, -0.25) is 0 Å². The molecule has 0 saturated heterocycles. The molecular formula is C10H18O. The summed E-state index contributed by atoms with van der Waals surface area (Å²) in [7, 11) is 0. The maximum atomic E-state index is 5.60. The molecule has 0 bridgehead atoms. The largest absolute Gasteiger partial charge is 0.378 e. The van der Waals surface area contributed by atoms with E-state index in [4.69, 9.17) is 4.74 Å². The van der Waals surface area contributed by atoms with Gasteiger partial charge in [-0.15, -0.1) is 0 Å². The Balaban J connectivity index is 2.51. The third-order valence-electron chi connectivity index (χ3n) is 2.13. The fourth-order valence-electron chi connectivity index (χ4n) is 1.46. The highest BCUT2D eigenvalue weighted by Crippen LogP contribution is 2.17. The lowest BCUT2D eigenvalue weighted by molar-refractivity contribution is 0.0428. The normalized spacial score (nSPS) is 33.9. The van der Waals surface area contributed by atoms with Crippen LogP contribution in [-0.4, -0.2) is 12.7 Å². The quantitative estimate of drug-likeness (QED) is 0.487. The molecule has 0 radical (unpaired) electrons. The van der Waals surface area contributed by atoms with Gasteiger partial charge in [0.1, 0.15) is 0 Å². The first-order chi connectivity index (χ1) is 5.18. The van der Waals surface area contributed by atoms with Gasteiger partial charge >= 0.3 is 0 Å². The van der Waals surface area contributed by atoms with Gasteiger partial charge in [-0.05, 0) is 32.6 Å². The highest BCUT2D eigenvalue weighted by Gasteiger charge is 2.09. The number of rotatable bonds is 0. The third-order valence-corrected chi connectivity index (χ3v) is 2.13. The van der Waals surface area contributed by atoms with Crippen molar-refractivity contribution < 1.29 is 4.74 Å². The maximum absolute atomic E-state index is 5.60. The highest BCUT2D eigenvalue weighted by atomic mass is 16.5. The molecule has 1 heteroatoms. The lowest BCUT2D eigenvalue weighted by atomic mass is 10.0. The van der Waals surface area contributed by atoms with Crippen molar-refractivity contribution >= 4 is 0 Å². The van der Waals surface area contributed by atoms with Gasteiger partial charge in [0.2, 0.25) is 0 Å². The zero-order valence-corrected chi connectivity index (χ0v) is 7.76. The molecule has 0 fully saturated rings. The molecule has 64 valence electrons. The van der Waals surface area contributed by atoms with Gasteiger partial charge in [0.05, 0.1) is 6.10 Å². The predicted octanol–water partition coefficient (Wildman–Crippen LogP) is 2.77. The SMILES string of the molecule is CC1=CCC(C)OCC(C)C1. The van der Waals surface area contributed by atoms with Crippen LogP contribution in [0.2, 0.25) is 0 Å². The average Bonchev–Trinajstić information content (AvgIpc) is 1.95. The second-order valence-corrected chi connectivity index (χ2v) is 3.74. The minimum absolute atomic E-state index is 0.410. The summed E-state index contributed by atoms with van der Waals surface area (Å²) in [6.07, 6.45) is 5.00. The van der Waals surface area contributed by atoms with Gasteiger partial charge in [-0.25, -0.2) is 0 Å². The summed E-state index contributed by atoms with van der Waals surface area (Å²) in [4.78, 5) is 0. The monoisotopic (exact) mass is 154 g/mol.